The van der Waals surface area contributed by atoms with Crippen molar-refractivity contribution in [3.05, 3.63) is 69.0 Å². The average molecular weight is 400 g/mol. The second-order valence-electron chi connectivity index (χ2n) is 6.88. The molecule has 3 rings (SSSR count). The van der Waals surface area contributed by atoms with Gasteiger partial charge in [-0.15, -0.1) is 0 Å². The summed E-state index contributed by atoms with van der Waals surface area (Å²) in [7, 11) is 0. The molecule has 1 aliphatic carbocycles. The van der Waals surface area contributed by atoms with E-state index < -0.39 is 22.6 Å². The van der Waals surface area contributed by atoms with E-state index in [9.17, 15) is 24.1 Å². The van der Waals surface area contributed by atoms with E-state index >= 15 is 0 Å². The van der Waals surface area contributed by atoms with Crippen LogP contribution in [0, 0.1) is 22.9 Å². The van der Waals surface area contributed by atoms with Crippen molar-refractivity contribution in [3.8, 4) is 0 Å². The highest BCUT2D eigenvalue weighted by Gasteiger charge is 2.25. The normalized spacial score (nSPS) is 12.9. The van der Waals surface area contributed by atoms with Crippen LogP contribution in [0.15, 0.2) is 36.4 Å². The minimum atomic E-state index is -0.525. The molecular formula is C20H21FN4O4. The van der Waals surface area contributed by atoms with E-state index in [1.807, 2.05) is 0 Å². The minimum Gasteiger partial charge on any atom is -0.377 e. The molecule has 152 valence electrons. The first kappa shape index (κ1) is 20.2. The van der Waals surface area contributed by atoms with Crippen LogP contribution in [0.25, 0.3) is 0 Å². The standard InChI is InChI=1S/C20H21FN4O4/c1-12-2-3-13(10-16(12)21)19(26)22-8-9-23-20(27)14-4-7-17(24-15-5-6-15)18(11-14)25(28)29/h2-4,7,10-11,15,24H,5-6,8-9H2,1H3,(H,22,26)(H,23,27). The Morgan fingerprint density at radius 1 is 1.07 bits per heavy atom. The second-order valence-corrected chi connectivity index (χ2v) is 6.88. The Balaban J connectivity index is 1.52. The van der Waals surface area contributed by atoms with Crippen molar-refractivity contribution in [1.29, 1.82) is 0 Å². The van der Waals surface area contributed by atoms with Crippen LogP contribution in [0.1, 0.15) is 39.1 Å². The van der Waals surface area contributed by atoms with E-state index in [2.05, 4.69) is 16.0 Å². The highest BCUT2D eigenvalue weighted by atomic mass is 19.1. The summed E-state index contributed by atoms with van der Waals surface area (Å²) in [6, 6.07) is 8.70. The van der Waals surface area contributed by atoms with Crippen LogP contribution >= 0.6 is 0 Å². The van der Waals surface area contributed by atoms with E-state index in [0.29, 0.717) is 11.3 Å². The van der Waals surface area contributed by atoms with Crippen molar-refractivity contribution < 1.29 is 18.9 Å². The first-order valence-corrected chi connectivity index (χ1v) is 9.22. The lowest BCUT2D eigenvalue weighted by Gasteiger charge is -2.09. The molecule has 1 fully saturated rings. The zero-order valence-corrected chi connectivity index (χ0v) is 15.8. The number of nitro benzene ring substituents is 1. The number of carbonyl (C=O) groups excluding carboxylic acids is 2. The zero-order valence-electron chi connectivity index (χ0n) is 15.8. The molecule has 0 aliphatic heterocycles. The lowest BCUT2D eigenvalue weighted by Crippen LogP contribution is -2.34. The maximum Gasteiger partial charge on any atom is 0.293 e. The van der Waals surface area contributed by atoms with Crippen molar-refractivity contribution in [3.63, 3.8) is 0 Å². The molecule has 2 aromatic carbocycles. The molecule has 0 aromatic heterocycles. The lowest BCUT2D eigenvalue weighted by atomic mass is 10.1. The number of benzene rings is 2. The highest BCUT2D eigenvalue weighted by Crippen LogP contribution is 2.31. The summed E-state index contributed by atoms with van der Waals surface area (Å²) in [5, 5.41) is 19.5. The van der Waals surface area contributed by atoms with Gasteiger partial charge in [-0.1, -0.05) is 6.07 Å². The van der Waals surface area contributed by atoms with Gasteiger partial charge in [-0.25, -0.2) is 4.39 Å². The van der Waals surface area contributed by atoms with Crippen LogP contribution in [0.4, 0.5) is 15.8 Å². The number of hydrogen-bond acceptors (Lipinski definition) is 5. The number of anilines is 1. The quantitative estimate of drug-likeness (QED) is 0.358. The van der Waals surface area contributed by atoms with Gasteiger partial charge < -0.3 is 16.0 Å². The summed E-state index contributed by atoms with van der Waals surface area (Å²) in [6.45, 7) is 1.85. The van der Waals surface area contributed by atoms with E-state index in [1.54, 1.807) is 6.92 Å². The van der Waals surface area contributed by atoms with Gasteiger partial charge in [-0.2, -0.15) is 0 Å². The van der Waals surface area contributed by atoms with Gasteiger partial charge in [0.15, 0.2) is 0 Å². The van der Waals surface area contributed by atoms with E-state index in [0.717, 1.165) is 18.9 Å². The minimum absolute atomic E-state index is 0.120. The van der Waals surface area contributed by atoms with Gasteiger partial charge in [0.2, 0.25) is 0 Å². The number of carbonyl (C=O) groups is 2. The molecule has 0 bridgehead atoms. The van der Waals surface area contributed by atoms with Gasteiger partial charge in [0.05, 0.1) is 4.92 Å². The molecule has 0 atom stereocenters. The Morgan fingerprint density at radius 2 is 1.66 bits per heavy atom. The molecule has 2 amide bonds. The van der Waals surface area contributed by atoms with Gasteiger partial charge >= 0.3 is 0 Å². The molecule has 0 unspecified atom stereocenters. The predicted molar refractivity (Wildman–Crippen MR) is 106 cm³/mol. The van der Waals surface area contributed by atoms with Crippen LogP contribution in [0.3, 0.4) is 0 Å². The fourth-order valence-electron chi connectivity index (χ4n) is 2.68. The van der Waals surface area contributed by atoms with E-state index in [4.69, 9.17) is 0 Å². The molecule has 0 heterocycles. The van der Waals surface area contributed by atoms with Crippen molar-refractivity contribution in [2.24, 2.45) is 0 Å². The molecule has 2 aromatic rings. The fraction of sp³-hybridized carbons (Fsp3) is 0.300. The lowest BCUT2D eigenvalue weighted by molar-refractivity contribution is -0.384. The molecule has 29 heavy (non-hydrogen) atoms. The Kier molecular flexibility index (Phi) is 6.06. The molecule has 1 aliphatic rings. The van der Waals surface area contributed by atoms with Crippen LogP contribution in [0.2, 0.25) is 0 Å². The summed E-state index contributed by atoms with van der Waals surface area (Å²) >= 11 is 0. The van der Waals surface area contributed by atoms with Crippen molar-refractivity contribution in [2.45, 2.75) is 25.8 Å². The summed E-state index contributed by atoms with van der Waals surface area (Å²) < 4.78 is 13.5. The van der Waals surface area contributed by atoms with Crippen LogP contribution in [-0.2, 0) is 0 Å². The summed E-state index contributed by atoms with van der Waals surface area (Å²) in [4.78, 5) is 35.0. The van der Waals surface area contributed by atoms with Crippen molar-refractivity contribution >= 4 is 23.2 Å². The third-order valence-electron chi connectivity index (χ3n) is 4.52. The van der Waals surface area contributed by atoms with Gasteiger partial charge in [0.1, 0.15) is 11.5 Å². The van der Waals surface area contributed by atoms with Gasteiger partial charge in [0, 0.05) is 36.3 Å². The number of halogens is 1. The number of nitrogens with zero attached hydrogens (tertiary/aromatic N) is 1. The summed E-state index contributed by atoms with van der Waals surface area (Å²) in [6.07, 6.45) is 1.95. The van der Waals surface area contributed by atoms with Gasteiger partial charge in [-0.05, 0) is 49.6 Å². The molecule has 1 saturated carbocycles. The van der Waals surface area contributed by atoms with Crippen LogP contribution in [0.5, 0.6) is 0 Å². The molecule has 3 N–H and O–H groups in total. The maximum atomic E-state index is 13.5. The van der Waals surface area contributed by atoms with Gasteiger partial charge in [0.25, 0.3) is 17.5 Å². The number of rotatable bonds is 8. The number of amides is 2. The predicted octanol–water partition coefficient (Wildman–Crippen LogP) is 2.78. The monoisotopic (exact) mass is 400 g/mol. The van der Waals surface area contributed by atoms with Crippen molar-refractivity contribution in [1.82, 2.24) is 10.6 Å². The number of aryl methyl sites for hydroxylation is 1. The summed E-state index contributed by atoms with van der Waals surface area (Å²) in [5.41, 5.74) is 1.03. The second kappa shape index (κ2) is 8.68. The van der Waals surface area contributed by atoms with Gasteiger partial charge in [-0.3, -0.25) is 19.7 Å². The summed E-state index contributed by atoms with van der Waals surface area (Å²) in [5.74, 6) is -1.40. The number of nitrogens with one attached hydrogen (secondary N) is 3. The SMILES string of the molecule is Cc1ccc(C(=O)NCCNC(=O)c2ccc(NC3CC3)c([N+](=O)[O-])c2)cc1F. The highest BCUT2D eigenvalue weighted by molar-refractivity contribution is 5.96. The van der Waals surface area contributed by atoms with E-state index in [1.165, 1.54) is 30.3 Å². The smallest absolute Gasteiger partial charge is 0.293 e. The third-order valence-corrected chi connectivity index (χ3v) is 4.52. The van der Waals surface area contributed by atoms with E-state index in [-0.39, 0.29) is 35.9 Å². The topological polar surface area (TPSA) is 113 Å². The largest absolute Gasteiger partial charge is 0.377 e. The van der Waals surface area contributed by atoms with Crippen LogP contribution in [-0.4, -0.2) is 35.9 Å². The third kappa shape index (κ3) is 5.28. The van der Waals surface area contributed by atoms with Crippen LogP contribution < -0.4 is 16.0 Å². The fourth-order valence-corrected chi connectivity index (χ4v) is 2.68. The molecule has 0 spiro atoms. The molecule has 9 heteroatoms. The molecule has 0 radical (unpaired) electrons. The molecule has 8 nitrogen and oxygen atoms in total. The zero-order chi connectivity index (χ0) is 21.0. The average Bonchev–Trinajstić information content (AvgIpc) is 3.51. The number of hydrogen-bond donors (Lipinski definition) is 3. The number of nitro groups is 1. The Labute approximate surface area is 166 Å². The molecular weight excluding hydrogens is 379 g/mol. The Morgan fingerprint density at radius 3 is 2.21 bits per heavy atom. The van der Waals surface area contributed by atoms with Crippen molar-refractivity contribution in [2.75, 3.05) is 18.4 Å². The Bertz CT molecular complexity index is 959. The Hall–Kier alpha value is -3.49. The maximum absolute atomic E-state index is 13.5. The first-order valence-electron chi connectivity index (χ1n) is 9.22. The first-order chi connectivity index (χ1) is 13.8. The molecule has 0 saturated heterocycles.